The van der Waals surface area contributed by atoms with Crippen LogP contribution in [0.5, 0.6) is 0 Å². The average Bonchev–Trinajstić information content (AvgIpc) is 2.55. The standard InChI is InChI=1S/C19H21NO3/c1-14(2)23-19(22)17(13-15-9-5-3-6-10-15)20-18(21)16-11-7-4-8-12-16/h3-12,14,17H,13H2,1-2H3,(H,20,21). The summed E-state index contributed by atoms with van der Waals surface area (Å²) < 4.78 is 5.27. The predicted octanol–water partition coefficient (Wildman–Crippen LogP) is 2.98. The Balaban J connectivity index is 2.12. The Hall–Kier alpha value is -2.62. The molecule has 0 aromatic heterocycles. The molecule has 0 aliphatic heterocycles. The van der Waals surface area contributed by atoms with E-state index in [1.807, 2.05) is 36.4 Å². The quantitative estimate of drug-likeness (QED) is 0.834. The monoisotopic (exact) mass is 311 g/mol. The predicted molar refractivity (Wildman–Crippen MR) is 89.1 cm³/mol. The van der Waals surface area contributed by atoms with Crippen molar-refractivity contribution in [1.82, 2.24) is 5.32 Å². The number of hydrogen-bond acceptors (Lipinski definition) is 3. The van der Waals surface area contributed by atoms with Gasteiger partial charge in [0.05, 0.1) is 6.10 Å². The van der Waals surface area contributed by atoms with E-state index in [9.17, 15) is 9.59 Å². The highest BCUT2D eigenvalue weighted by Gasteiger charge is 2.24. The fourth-order valence-electron chi connectivity index (χ4n) is 2.19. The number of ether oxygens (including phenoxy) is 1. The number of benzene rings is 2. The van der Waals surface area contributed by atoms with Gasteiger partial charge in [0.15, 0.2) is 0 Å². The first-order chi connectivity index (χ1) is 11.1. The van der Waals surface area contributed by atoms with Crippen molar-refractivity contribution in [2.45, 2.75) is 32.4 Å². The first-order valence-electron chi connectivity index (χ1n) is 7.66. The number of nitrogens with one attached hydrogen (secondary N) is 1. The molecule has 0 fully saturated rings. The molecule has 2 aromatic carbocycles. The van der Waals surface area contributed by atoms with E-state index >= 15 is 0 Å². The molecule has 1 atom stereocenters. The normalized spacial score (nSPS) is 11.8. The molecule has 4 heteroatoms. The second-order valence-corrected chi connectivity index (χ2v) is 5.57. The van der Waals surface area contributed by atoms with Gasteiger partial charge >= 0.3 is 5.97 Å². The Kier molecular flexibility index (Phi) is 5.92. The van der Waals surface area contributed by atoms with Gasteiger partial charge < -0.3 is 10.1 Å². The lowest BCUT2D eigenvalue weighted by atomic mass is 10.1. The molecule has 0 spiro atoms. The highest BCUT2D eigenvalue weighted by Crippen LogP contribution is 2.08. The number of carbonyl (C=O) groups is 2. The number of hydrogen-bond donors (Lipinski definition) is 1. The van der Waals surface area contributed by atoms with Crippen LogP contribution in [0.25, 0.3) is 0 Å². The highest BCUT2D eigenvalue weighted by atomic mass is 16.5. The van der Waals surface area contributed by atoms with Crippen LogP contribution in [0.3, 0.4) is 0 Å². The number of carbonyl (C=O) groups excluding carboxylic acids is 2. The van der Waals surface area contributed by atoms with Crippen LogP contribution in [0.2, 0.25) is 0 Å². The lowest BCUT2D eigenvalue weighted by Gasteiger charge is -2.19. The summed E-state index contributed by atoms with van der Waals surface area (Å²) in [4.78, 5) is 24.6. The summed E-state index contributed by atoms with van der Waals surface area (Å²) in [6.45, 7) is 3.58. The minimum Gasteiger partial charge on any atom is -0.461 e. The van der Waals surface area contributed by atoms with Crippen LogP contribution in [0.1, 0.15) is 29.8 Å². The van der Waals surface area contributed by atoms with Crippen molar-refractivity contribution in [1.29, 1.82) is 0 Å². The minimum absolute atomic E-state index is 0.227. The summed E-state index contributed by atoms with van der Waals surface area (Å²) in [5.74, 6) is -0.708. The summed E-state index contributed by atoms with van der Waals surface area (Å²) in [6.07, 6.45) is 0.166. The van der Waals surface area contributed by atoms with Gasteiger partial charge in [-0.25, -0.2) is 4.79 Å². The van der Waals surface area contributed by atoms with Crippen molar-refractivity contribution >= 4 is 11.9 Å². The van der Waals surface area contributed by atoms with E-state index in [4.69, 9.17) is 4.74 Å². The summed E-state index contributed by atoms with van der Waals surface area (Å²) in [5.41, 5.74) is 1.48. The van der Waals surface area contributed by atoms with Crippen LogP contribution in [0.4, 0.5) is 0 Å². The first-order valence-corrected chi connectivity index (χ1v) is 7.66. The lowest BCUT2D eigenvalue weighted by molar-refractivity contribution is -0.149. The van der Waals surface area contributed by atoms with E-state index in [1.54, 1.807) is 38.1 Å². The summed E-state index contributed by atoms with van der Waals surface area (Å²) in [6, 6.07) is 17.7. The van der Waals surface area contributed by atoms with E-state index < -0.39 is 12.0 Å². The molecule has 2 aromatic rings. The molecule has 23 heavy (non-hydrogen) atoms. The molecule has 0 aliphatic carbocycles. The van der Waals surface area contributed by atoms with Gasteiger partial charge in [-0.15, -0.1) is 0 Å². The first kappa shape index (κ1) is 16.7. The maximum absolute atomic E-state index is 12.3. The van der Waals surface area contributed by atoms with Gasteiger partial charge in [0.25, 0.3) is 5.91 Å². The van der Waals surface area contributed by atoms with E-state index in [2.05, 4.69) is 5.32 Å². The van der Waals surface area contributed by atoms with Crippen molar-refractivity contribution in [3.63, 3.8) is 0 Å². The average molecular weight is 311 g/mol. The largest absolute Gasteiger partial charge is 0.461 e. The van der Waals surface area contributed by atoms with E-state index in [-0.39, 0.29) is 12.0 Å². The van der Waals surface area contributed by atoms with E-state index in [0.29, 0.717) is 12.0 Å². The Bertz CT molecular complexity index is 638. The van der Waals surface area contributed by atoms with Crippen LogP contribution in [0.15, 0.2) is 60.7 Å². The number of rotatable bonds is 6. The van der Waals surface area contributed by atoms with Crippen molar-refractivity contribution in [2.75, 3.05) is 0 Å². The molecular weight excluding hydrogens is 290 g/mol. The molecule has 4 nitrogen and oxygen atoms in total. The maximum Gasteiger partial charge on any atom is 0.329 e. The van der Waals surface area contributed by atoms with Gasteiger partial charge in [-0.3, -0.25) is 4.79 Å². The zero-order valence-electron chi connectivity index (χ0n) is 13.4. The van der Waals surface area contributed by atoms with Gasteiger partial charge in [0.1, 0.15) is 6.04 Å². The third-order valence-electron chi connectivity index (χ3n) is 3.26. The van der Waals surface area contributed by atoms with Crippen molar-refractivity contribution < 1.29 is 14.3 Å². The number of esters is 1. The Morgan fingerprint density at radius 2 is 1.52 bits per heavy atom. The van der Waals surface area contributed by atoms with Crippen molar-refractivity contribution in [3.8, 4) is 0 Å². The smallest absolute Gasteiger partial charge is 0.329 e. The van der Waals surface area contributed by atoms with Gasteiger partial charge in [-0.05, 0) is 31.5 Å². The number of amides is 1. The fourth-order valence-corrected chi connectivity index (χ4v) is 2.19. The zero-order valence-corrected chi connectivity index (χ0v) is 13.4. The molecular formula is C19H21NO3. The van der Waals surface area contributed by atoms with Gasteiger partial charge in [-0.1, -0.05) is 48.5 Å². The van der Waals surface area contributed by atoms with Crippen LogP contribution >= 0.6 is 0 Å². The summed E-state index contributed by atoms with van der Waals surface area (Å²) in [7, 11) is 0. The molecule has 1 unspecified atom stereocenters. The van der Waals surface area contributed by atoms with Crippen LogP contribution in [0, 0.1) is 0 Å². The summed E-state index contributed by atoms with van der Waals surface area (Å²) in [5, 5.41) is 2.77. The van der Waals surface area contributed by atoms with Gasteiger partial charge in [0, 0.05) is 12.0 Å². The minimum atomic E-state index is -0.715. The third-order valence-corrected chi connectivity index (χ3v) is 3.26. The van der Waals surface area contributed by atoms with Crippen molar-refractivity contribution in [3.05, 3.63) is 71.8 Å². The van der Waals surface area contributed by atoms with Gasteiger partial charge in [0.2, 0.25) is 0 Å². The molecule has 120 valence electrons. The molecule has 0 radical (unpaired) electrons. The fraction of sp³-hybridized carbons (Fsp3) is 0.263. The third kappa shape index (κ3) is 5.25. The molecule has 0 saturated heterocycles. The maximum atomic E-state index is 12.3. The van der Waals surface area contributed by atoms with Crippen LogP contribution in [-0.4, -0.2) is 24.0 Å². The molecule has 0 aliphatic rings. The summed E-state index contributed by atoms with van der Waals surface area (Å²) >= 11 is 0. The highest BCUT2D eigenvalue weighted by molar-refractivity contribution is 5.96. The van der Waals surface area contributed by atoms with Gasteiger partial charge in [-0.2, -0.15) is 0 Å². The topological polar surface area (TPSA) is 55.4 Å². The molecule has 1 N–H and O–H groups in total. The molecule has 0 saturated carbocycles. The zero-order chi connectivity index (χ0) is 16.7. The molecule has 0 bridgehead atoms. The Morgan fingerprint density at radius 3 is 2.09 bits per heavy atom. The molecule has 2 rings (SSSR count). The lowest BCUT2D eigenvalue weighted by Crippen LogP contribution is -2.44. The Labute approximate surface area is 136 Å². The van der Waals surface area contributed by atoms with Crippen LogP contribution in [-0.2, 0) is 16.0 Å². The second kappa shape index (κ2) is 8.13. The van der Waals surface area contributed by atoms with E-state index in [0.717, 1.165) is 5.56 Å². The second-order valence-electron chi connectivity index (χ2n) is 5.57. The van der Waals surface area contributed by atoms with Crippen LogP contribution < -0.4 is 5.32 Å². The van der Waals surface area contributed by atoms with E-state index in [1.165, 1.54) is 0 Å². The Morgan fingerprint density at radius 1 is 0.957 bits per heavy atom. The SMILES string of the molecule is CC(C)OC(=O)C(Cc1ccccc1)NC(=O)c1ccccc1. The molecule has 1 amide bonds. The molecule has 0 heterocycles. The van der Waals surface area contributed by atoms with Crippen molar-refractivity contribution in [2.24, 2.45) is 0 Å².